The van der Waals surface area contributed by atoms with Crippen molar-refractivity contribution in [2.45, 2.75) is 0 Å². The zero-order valence-corrected chi connectivity index (χ0v) is 47.0. The lowest BCUT2D eigenvalue weighted by molar-refractivity contribution is 0.799. The first-order valence-corrected chi connectivity index (χ1v) is 29.7. The Hall–Kier alpha value is -11.0. The van der Waals surface area contributed by atoms with Gasteiger partial charge in [0.15, 0.2) is 11.6 Å². The van der Waals surface area contributed by atoms with E-state index in [0.717, 1.165) is 107 Å². The van der Waals surface area contributed by atoms with Gasteiger partial charge in [-0.05, 0) is 30.3 Å². The molecule has 0 N–H and O–H groups in total. The molecular formula is C66H38N16S3. The standard InChI is InChI=1S/C33H19N9S2.C33H19N7S/c1-40-28-22(16-36-40)42(31-26(28)20-12-6-8-14-24(20)44-31)33-38-29(18-9-3-2-4-10-18)37-32(39-33)41-21-15-34-17-35-27(21)25-19-11-5-7-13-23(19)43-30(25)41;1-2-10-20(11-3-1)30-36-32(39-24-15-7-4-12-21(24)22-13-5-8-16-25(22)39)38-33(37-30)40-26-18-34-19-35-29(26)28-23-14-6-9-17-27(23)41-31(28)40/h2-17H,1H3;1-19H. The van der Waals surface area contributed by atoms with Crippen molar-refractivity contribution in [3.05, 3.63) is 213 Å². The van der Waals surface area contributed by atoms with Crippen molar-refractivity contribution < 1.29 is 0 Å². The summed E-state index contributed by atoms with van der Waals surface area (Å²) in [7, 11) is 1.98. The molecule has 0 aliphatic carbocycles. The zero-order valence-electron chi connectivity index (χ0n) is 44.6. The Labute approximate surface area is 491 Å². The Morgan fingerprint density at radius 1 is 0.329 bits per heavy atom. The Morgan fingerprint density at radius 2 is 0.706 bits per heavy atom. The normalized spacial score (nSPS) is 12.1. The zero-order chi connectivity index (χ0) is 55.9. The van der Waals surface area contributed by atoms with E-state index in [0.29, 0.717) is 35.4 Å². The number of rotatable bonds is 6. The van der Waals surface area contributed by atoms with E-state index >= 15 is 0 Å². The maximum Gasteiger partial charge on any atom is 0.240 e. The van der Waals surface area contributed by atoms with Crippen LogP contribution >= 0.6 is 34.0 Å². The lowest BCUT2D eigenvalue weighted by atomic mass is 10.2. The van der Waals surface area contributed by atoms with Gasteiger partial charge in [0.1, 0.15) is 38.2 Å². The summed E-state index contributed by atoms with van der Waals surface area (Å²) in [6.07, 6.45) is 8.78. The molecular weight excluding hydrogens is 1110 g/mol. The number of aromatic nitrogens is 16. The molecule has 16 nitrogen and oxygen atoms in total. The number of para-hydroxylation sites is 2. The van der Waals surface area contributed by atoms with Crippen molar-refractivity contribution in [2.75, 3.05) is 0 Å². The van der Waals surface area contributed by atoms with Gasteiger partial charge in [-0.25, -0.2) is 19.9 Å². The predicted molar refractivity (Wildman–Crippen MR) is 342 cm³/mol. The minimum atomic E-state index is 0.509. The van der Waals surface area contributed by atoms with Gasteiger partial charge in [0, 0.05) is 75.4 Å². The van der Waals surface area contributed by atoms with Crippen LogP contribution in [0.25, 0.3) is 162 Å². The first-order chi connectivity index (χ1) is 42.1. The maximum absolute atomic E-state index is 5.22. The molecule has 19 aromatic rings. The van der Waals surface area contributed by atoms with Gasteiger partial charge in [0.2, 0.25) is 23.8 Å². The molecule has 0 amide bonds. The highest BCUT2D eigenvalue weighted by Gasteiger charge is 2.27. The van der Waals surface area contributed by atoms with E-state index in [4.69, 9.17) is 39.9 Å². The largest absolute Gasteiger partial charge is 0.278 e. The summed E-state index contributed by atoms with van der Waals surface area (Å²) in [5.41, 5.74) is 9.36. The summed E-state index contributed by atoms with van der Waals surface area (Å²) in [5.74, 6) is 3.30. The van der Waals surface area contributed by atoms with Crippen LogP contribution in [-0.4, -0.2) is 77.9 Å². The first-order valence-electron chi connectivity index (χ1n) is 27.3. The van der Waals surface area contributed by atoms with Crippen molar-refractivity contribution in [3.8, 4) is 46.6 Å². The van der Waals surface area contributed by atoms with Crippen LogP contribution in [0, 0.1) is 0 Å². The van der Waals surface area contributed by atoms with Crippen LogP contribution < -0.4 is 0 Å². The average molecular weight is 1150 g/mol. The molecule has 0 bridgehead atoms. The summed E-state index contributed by atoms with van der Waals surface area (Å²) in [4.78, 5) is 52.1. The first kappa shape index (κ1) is 47.6. The second-order valence-corrected chi connectivity index (χ2v) is 23.6. The molecule has 0 aliphatic rings. The van der Waals surface area contributed by atoms with Crippen LogP contribution in [0.2, 0.25) is 0 Å². The summed E-state index contributed by atoms with van der Waals surface area (Å²) >= 11 is 5.14. The van der Waals surface area contributed by atoms with Crippen molar-refractivity contribution in [1.29, 1.82) is 0 Å². The third-order valence-corrected chi connectivity index (χ3v) is 19.2. The van der Waals surface area contributed by atoms with Crippen LogP contribution in [0.1, 0.15) is 0 Å². The van der Waals surface area contributed by atoms with Gasteiger partial charge in [0.25, 0.3) is 0 Å². The molecule has 12 aromatic heterocycles. The van der Waals surface area contributed by atoms with Gasteiger partial charge in [-0.1, -0.05) is 152 Å². The molecule has 0 atom stereocenters. The molecule has 12 heterocycles. The van der Waals surface area contributed by atoms with E-state index < -0.39 is 0 Å². The van der Waals surface area contributed by atoms with Gasteiger partial charge in [-0.3, -0.25) is 23.0 Å². The molecule has 400 valence electrons. The van der Waals surface area contributed by atoms with Gasteiger partial charge in [0.05, 0.1) is 51.7 Å². The van der Waals surface area contributed by atoms with Crippen LogP contribution in [0.4, 0.5) is 0 Å². The highest BCUT2D eigenvalue weighted by molar-refractivity contribution is 7.26. The summed E-state index contributed by atoms with van der Waals surface area (Å²) in [6, 6.07) is 62.2. The highest BCUT2D eigenvalue weighted by Crippen LogP contribution is 2.45. The SMILES string of the molecule is Cn1ncc2c1c1c3ccccc3sc1n2-c1nc(-c2ccccc2)nc(-n2c3cncnc3c3c4ccccc4sc32)n1.c1ccc(-c2nc(-n3c4ccccc4c4ccccc43)nc(-n3c4cncnc4c4c5ccccc5sc43)n2)cc1. The summed E-state index contributed by atoms with van der Waals surface area (Å²) in [6.45, 7) is 0. The van der Waals surface area contributed by atoms with Crippen LogP contribution in [0.3, 0.4) is 0 Å². The Kier molecular flexibility index (Phi) is 10.4. The maximum atomic E-state index is 5.22. The Morgan fingerprint density at radius 3 is 1.18 bits per heavy atom. The minimum Gasteiger partial charge on any atom is -0.278 e. The topological polar surface area (TPSA) is 166 Å². The summed E-state index contributed by atoms with van der Waals surface area (Å²) < 4.78 is 13.9. The molecule has 0 radical (unpaired) electrons. The molecule has 0 saturated carbocycles. The fourth-order valence-electron chi connectivity index (χ4n) is 12.1. The molecule has 0 spiro atoms. The van der Waals surface area contributed by atoms with E-state index in [-0.39, 0.29) is 0 Å². The average Bonchev–Trinajstić information content (AvgIpc) is 2.38. The number of fused-ring (bicyclic) bond motifs is 18. The number of nitrogens with zero attached hydrogens (tertiary/aromatic N) is 16. The van der Waals surface area contributed by atoms with E-state index in [1.54, 1.807) is 46.7 Å². The molecule has 0 aliphatic heterocycles. The van der Waals surface area contributed by atoms with Crippen molar-refractivity contribution in [3.63, 3.8) is 0 Å². The second kappa shape index (κ2) is 18.5. The molecule has 85 heavy (non-hydrogen) atoms. The Balaban J connectivity index is 0.000000129. The second-order valence-electron chi connectivity index (χ2n) is 20.5. The molecule has 0 fully saturated rings. The number of hydrogen-bond acceptors (Lipinski definition) is 14. The minimum absolute atomic E-state index is 0.509. The highest BCUT2D eigenvalue weighted by atomic mass is 32.1. The number of thiophene rings is 3. The van der Waals surface area contributed by atoms with E-state index in [1.807, 2.05) is 91.0 Å². The van der Waals surface area contributed by atoms with Crippen LogP contribution in [0.15, 0.2) is 213 Å². The van der Waals surface area contributed by atoms with Crippen molar-refractivity contribution in [2.24, 2.45) is 7.05 Å². The van der Waals surface area contributed by atoms with Crippen LogP contribution in [0.5, 0.6) is 0 Å². The smallest absolute Gasteiger partial charge is 0.240 e. The monoisotopic (exact) mass is 1150 g/mol. The molecule has 7 aromatic carbocycles. The van der Waals surface area contributed by atoms with Gasteiger partial charge in [-0.2, -0.15) is 35.0 Å². The van der Waals surface area contributed by atoms with Crippen LogP contribution in [-0.2, 0) is 7.05 Å². The lowest BCUT2D eigenvalue weighted by Gasteiger charge is -2.12. The number of benzene rings is 7. The van der Waals surface area contributed by atoms with Crippen molar-refractivity contribution in [1.82, 2.24) is 77.9 Å². The number of hydrogen-bond donors (Lipinski definition) is 0. The fourth-order valence-corrected chi connectivity index (χ4v) is 15.7. The molecule has 0 unspecified atom stereocenters. The van der Waals surface area contributed by atoms with Crippen molar-refractivity contribution >= 4 is 150 Å². The van der Waals surface area contributed by atoms with Gasteiger partial charge >= 0.3 is 0 Å². The predicted octanol–water partition coefficient (Wildman–Crippen LogP) is 15.4. The third kappa shape index (κ3) is 7.14. The summed E-state index contributed by atoms with van der Waals surface area (Å²) in [5, 5.41) is 13.8. The van der Waals surface area contributed by atoms with E-state index in [2.05, 4.69) is 155 Å². The fraction of sp³-hybridized carbons (Fsp3) is 0.0152. The number of aryl methyl sites for hydroxylation is 1. The van der Waals surface area contributed by atoms with Gasteiger partial charge < -0.3 is 0 Å². The van der Waals surface area contributed by atoms with E-state index in [1.165, 1.54) is 19.5 Å². The molecule has 19 rings (SSSR count). The quantitative estimate of drug-likeness (QED) is 0.155. The lowest BCUT2D eigenvalue weighted by Crippen LogP contribution is -2.10. The molecule has 19 heteroatoms. The van der Waals surface area contributed by atoms with Gasteiger partial charge in [-0.15, -0.1) is 34.0 Å². The Bertz CT molecular complexity index is 5850. The van der Waals surface area contributed by atoms with E-state index in [9.17, 15) is 0 Å². The third-order valence-electron chi connectivity index (χ3n) is 15.7. The molecule has 0 saturated heterocycles.